The third kappa shape index (κ3) is 3.80. The van der Waals surface area contributed by atoms with Crippen LogP contribution in [-0.4, -0.2) is 37.1 Å². The predicted molar refractivity (Wildman–Crippen MR) is 54.7 cm³/mol. The van der Waals surface area contributed by atoms with Crippen molar-refractivity contribution in [3.05, 3.63) is 0 Å². The first-order valence-electron chi connectivity index (χ1n) is 5.13. The molecule has 0 aromatic carbocycles. The molecule has 1 fully saturated rings. The average Bonchev–Trinajstić information content (AvgIpc) is 2.25. The van der Waals surface area contributed by atoms with E-state index in [2.05, 4.69) is 11.8 Å². The molecule has 3 heteroatoms. The lowest BCUT2D eigenvalue weighted by atomic mass is 10.1. The van der Waals surface area contributed by atoms with Gasteiger partial charge in [-0.05, 0) is 12.8 Å². The molecule has 78 valence electrons. The largest absolute Gasteiger partial charge is 0.365 e. The van der Waals surface area contributed by atoms with Gasteiger partial charge in [0.2, 0.25) is 6.41 Å². The second-order valence-electron chi connectivity index (χ2n) is 3.36. The topological polar surface area (TPSA) is 29.5 Å². The molecule has 1 saturated heterocycles. The van der Waals surface area contributed by atoms with Gasteiger partial charge in [-0.25, -0.2) is 0 Å². The Morgan fingerprint density at radius 2 is 2.14 bits per heavy atom. The summed E-state index contributed by atoms with van der Waals surface area (Å²) >= 11 is 0. The molecule has 0 N–H and O–H groups in total. The number of carbonyl (C=O) groups is 1. The highest BCUT2D eigenvalue weighted by Crippen LogP contribution is 2.11. The van der Waals surface area contributed by atoms with Gasteiger partial charge in [0, 0.05) is 19.5 Å². The smallest absolute Gasteiger partial charge is 0.209 e. The van der Waals surface area contributed by atoms with Gasteiger partial charge in [-0.1, -0.05) is 12.8 Å². The molecule has 1 aliphatic rings. The Bertz CT molecular complexity index is 221. The highest BCUT2D eigenvalue weighted by Gasteiger charge is 2.17. The quantitative estimate of drug-likeness (QED) is 0.497. The number of ether oxygens (including phenoxy) is 1. The van der Waals surface area contributed by atoms with Crippen LogP contribution in [0.25, 0.3) is 0 Å². The fraction of sp³-hybridized carbons (Fsp3) is 0.727. The highest BCUT2D eigenvalue weighted by atomic mass is 16.5. The Hall–Kier alpha value is -1.01. The second kappa shape index (κ2) is 6.44. The summed E-state index contributed by atoms with van der Waals surface area (Å²) in [5, 5.41) is 0. The second-order valence-corrected chi connectivity index (χ2v) is 3.36. The summed E-state index contributed by atoms with van der Waals surface area (Å²) in [6, 6.07) is 0. The van der Waals surface area contributed by atoms with Gasteiger partial charge in [0.1, 0.15) is 6.61 Å². The SMILES string of the molecule is CCC#CCOC1CCN(C=O)CC1. The van der Waals surface area contributed by atoms with Gasteiger partial charge in [0.25, 0.3) is 0 Å². The third-order valence-electron chi connectivity index (χ3n) is 2.32. The lowest BCUT2D eigenvalue weighted by Crippen LogP contribution is -2.36. The molecule has 0 aromatic rings. The van der Waals surface area contributed by atoms with Crippen LogP contribution in [-0.2, 0) is 9.53 Å². The maximum atomic E-state index is 10.4. The first-order chi connectivity index (χ1) is 6.86. The van der Waals surface area contributed by atoms with E-state index in [4.69, 9.17) is 4.74 Å². The Balaban J connectivity index is 2.12. The Morgan fingerprint density at radius 3 is 2.71 bits per heavy atom. The van der Waals surface area contributed by atoms with E-state index in [0.717, 1.165) is 38.8 Å². The summed E-state index contributed by atoms with van der Waals surface area (Å²) < 4.78 is 5.56. The van der Waals surface area contributed by atoms with E-state index in [9.17, 15) is 4.79 Å². The van der Waals surface area contributed by atoms with Crippen molar-refractivity contribution in [1.82, 2.24) is 4.90 Å². The maximum absolute atomic E-state index is 10.4. The lowest BCUT2D eigenvalue weighted by molar-refractivity contribution is -0.120. The number of nitrogens with zero attached hydrogens (tertiary/aromatic N) is 1. The van der Waals surface area contributed by atoms with Gasteiger partial charge < -0.3 is 9.64 Å². The summed E-state index contributed by atoms with van der Waals surface area (Å²) in [7, 11) is 0. The van der Waals surface area contributed by atoms with Crippen LogP contribution in [0.3, 0.4) is 0 Å². The summed E-state index contributed by atoms with van der Waals surface area (Å²) in [5.41, 5.74) is 0. The number of rotatable bonds is 3. The van der Waals surface area contributed by atoms with Crippen molar-refractivity contribution in [2.45, 2.75) is 32.3 Å². The van der Waals surface area contributed by atoms with Crippen molar-refractivity contribution in [2.75, 3.05) is 19.7 Å². The van der Waals surface area contributed by atoms with Crippen LogP contribution < -0.4 is 0 Å². The zero-order valence-electron chi connectivity index (χ0n) is 8.66. The van der Waals surface area contributed by atoms with E-state index in [-0.39, 0.29) is 6.10 Å². The van der Waals surface area contributed by atoms with Crippen molar-refractivity contribution >= 4 is 6.41 Å². The van der Waals surface area contributed by atoms with Crippen molar-refractivity contribution < 1.29 is 9.53 Å². The molecule has 0 unspecified atom stereocenters. The van der Waals surface area contributed by atoms with Crippen LogP contribution in [0.2, 0.25) is 0 Å². The Morgan fingerprint density at radius 1 is 1.43 bits per heavy atom. The summed E-state index contributed by atoms with van der Waals surface area (Å²) in [6.45, 7) is 4.18. The van der Waals surface area contributed by atoms with Crippen LogP contribution in [0.5, 0.6) is 0 Å². The molecule has 0 saturated carbocycles. The lowest BCUT2D eigenvalue weighted by Gasteiger charge is -2.28. The molecular weight excluding hydrogens is 178 g/mol. The minimum atomic E-state index is 0.289. The van der Waals surface area contributed by atoms with Crippen molar-refractivity contribution in [1.29, 1.82) is 0 Å². The molecule has 0 aromatic heterocycles. The first kappa shape index (κ1) is 11.1. The van der Waals surface area contributed by atoms with E-state index in [1.54, 1.807) is 4.90 Å². The van der Waals surface area contributed by atoms with Crippen molar-refractivity contribution in [3.8, 4) is 11.8 Å². The van der Waals surface area contributed by atoms with Gasteiger partial charge in [-0.15, -0.1) is 5.92 Å². The fourth-order valence-corrected chi connectivity index (χ4v) is 1.48. The van der Waals surface area contributed by atoms with Crippen LogP contribution >= 0.6 is 0 Å². The number of likely N-dealkylation sites (tertiary alicyclic amines) is 1. The molecule has 1 heterocycles. The molecule has 3 nitrogen and oxygen atoms in total. The van der Waals surface area contributed by atoms with Gasteiger partial charge >= 0.3 is 0 Å². The van der Waals surface area contributed by atoms with E-state index in [0.29, 0.717) is 6.61 Å². The molecule has 0 spiro atoms. The van der Waals surface area contributed by atoms with E-state index in [1.807, 2.05) is 6.92 Å². The average molecular weight is 195 g/mol. The van der Waals surface area contributed by atoms with E-state index >= 15 is 0 Å². The van der Waals surface area contributed by atoms with Gasteiger partial charge in [0.15, 0.2) is 0 Å². The summed E-state index contributed by atoms with van der Waals surface area (Å²) in [4.78, 5) is 12.2. The zero-order chi connectivity index (χ0) is 10.2. The first-order valence-corrected chi connectivity index (χ1v) is 5.13. The molecule has 0 bridgehead atoms. The van der Waals surface area contributed by atoms with E-state index < -0.39 is 0 Å². The Kier molecular flexibility index (Phi) is 5.09. The Labute approximate surface area is 85.4 Å². The minimum Gasteiger partial charge on any atom is -0.365 e. The standard InChI is InChI=1S/C11H17NO2/c1-2-3-4-9-14-11-5-7-12(10-13)8-6-11/h10-11H,2,5-9H2,1H3. The molecule has 1 amide bonds. The maximum Gasteiger partial charge on any atom is 0.209 e. The van der Waals surface area contributed by atoms with E-state index in [1.165, 1.54) is 0 Å². The third-order valence-corrected chi connectivity index (χ3v) is 2.32. The minimum absolute atomic E-state index is 0.289. The predicted octanol–water partition coefficient (Wildman–Crippen LogP) is 1.04. The summed E-state index contributed by atoms with van der Waals surface area (Å²) in [6.07, 6.45) is 3.96. The molecule has 1 rings (SSSR count). The normalized spacial score (nSPS) is 17.4. The number of hydrogen-bond acceptors (Lipinski definition) is 2. The van der Waals surface area contributed by atoms with Crippen LogP contribution in [0, 0.1) is 11.8 Å². The number of piperidine rings is 1. The number of carbonyl (C=O) groups excluding carboxylic acids is 1. The van der Waals surface area contributed by atoms with Gasteiger partial charge in [-0.3, -0.25) is 4.79 Å². The summed E-state index contributed by atoms with van der Waals surface area (Å²) in [5.74, 6) is 5.92. The monoisotopic (exact) mass is 195 g/mol. The molecule has 0 aliphatic carbocycles. The number of amides is 1. The van der Waals surface area contributed by atoms with Crippen molar-refractivity contribution in [3.63, 3.8) is 0 Å². The molecule has 0 atom stereocenters. The molecule has 14 heavy (non-hydrogen) atoms. The van der Waals surface area contributed by atoms with Crippen LogP contribution in [0.15, 0.2) is 0 Å². The van der Waals surface area contributed by atoms with Gasteiger partial charge in [-0.2, -0.15) is 0 Å². The fourth-order valence-electron chi connectivity index (χ4n) is 1.48. The zero-order valence-corrected chi connectivity index (χ0v) is 8.66. The van der Waals surface area contributed by atoms with Crippen LogP contribution in [0.4, 0.5) is 0 Å². The van der Waals surface area contributed by atoms with Gasteiger partial charge in [0.05, 0.1) is 6.10 Å². The number of hydrogen-bond donors (Lipinski definition) is 0. The highest BCUT2D eigenvalue weighted by molar-refractivity contribution is 5.47. The molecular formula is C11H17NO2. The molecule has 1 aliphatic heterocycles. The molecule has 0 radical (unpaired) electrons. The van der Waals surface area contributed by atoms with Crippen LogP contribution in [0.1, 0.15) is 26.2 Å². The van der Waals surface area contributed by atoms with Crippen molar-refractivity contribution in [2.24, 2.45) is 0 Å².